The number of hydrogen-bond acceptors (Lipinski definition) is 2. The van der Waals surface area contributed by atoms with Crippen molar-refractivity contribution in [1.82, 2.24) is 4.98 Å². The highest BCUT2D eigenvalue weighted by molar-refractivity contribution is 5.10. The minimum absolute atomic E-state index is 0.406. The van der Waals surface area contributed by atoms with Gasteiger partial charge in [-0.05, 0) is 36.8 Å². The third-order valence-corrected chi connectivity index (χ3v) is 3.19. The van der Waals surface area contributed by atoms with Gasteiger partial charge in [-0.2, -0.15) is 0 Å². The van der Waals surface area contributed by atoms with Crippen molar-refractivity contribution in [2.24, 2.45) is 11.7 Å². The molecule has 0 radical (unpaired) electrons. The average Bonchev–Trinajstić information content (AvgIpc) is 2.23. The Bertz CT molecular complexity index is 271. The van der Waals surface area contributed by atoms with Gasteiger partial charge in [-0.1, -0.05) is 18.9 Å². The van der Waals surface area contributed by atoms with E-state index in [1.54, 1.807) is 0 Å². The van der Waals surface area contributed by atoms with E-state index in [4.69, 9.17) is 5.73 Å². The smallest absolute Gasteiger partial charge is 0.0299 e. The summed E-state index contributed by atoms with van der Waals surface area (Å²) in [6, 6.07) is 4.56. The van der Waals surface area contributed by atoms with Crippen LogP contribution in [0.1, 0.15) is 31.2 Å². The molecule has 0 amide bonds. The van der Waals surface area contributed by atoms with Crippen LogP contribution in [-0.2, 0) is 6.42 Å². The second-order valence-corrected chi connectivity index (χ2v) is 4.27. The van der Waals surface area contributed by atoms with Crippen molar-refractivity contribution in [1.29, 1.82) is 0 Å². The molecular formula is C12H18N2. The van der Waals surface area contributed by atoms with E-state index in [9.17, 15) is 0 Å². The lowest BCUT2D eigenvalue weighted by Gasteiger charge is -2.28. The van der Waals surface area contributed by atoms with Crippen LogP contribution in [0.25, 0.3) is 0 Å². The van der Waals surface area contributed by atoms with E-state index in [1.807, 2.05) is 18.5 Å². The van der Waals surface area contributed by atoms with Gasteiger partial charge in [0.25, 0.3) is 0 Å². The monoisotopic (exact) mass is 190 g/mol. The summed E-state index contributed by atoms with van der Waals surface area (Å²) in [7, 11) is 0. The molecule has 2 atom stereocenters. The Morgan fingerprint density at radius 1 is 1.36 bits per heavy atom. The van der Waals surface area contributed by atoms with Gasteiger partial charge in [-0.3, -0.25) is 4.98 Å². The van der Waals surface area contributed by atoms with Crippen molar-refractivity contribution in [2.75, 3.05) is 0 Å². The Morgan fingerprint density at radius 2 is 2.21 bits per heavy atom. The van der Waals surface area contributed by atoms with Gasteiger partial charge in [0, 0.05) is 18.4 Å². The zero-order valence-corrected chi connectivity index (χ0v) is 8.52. The Labute approximate surface area is 85.5 Å². The fourth-order valence-corrected chi connectivity index (χ4v) is 2.31. The normalized spacial score (nSPS) is 27.5. The highest BCUT2D eigenvalue weighted by Crippen LogP contribution is 2.25. The van der Waals surface area contributed by atoms with Crippen molar-refractivity contribution in [3.05, 3.63) is 30.1 Å². The highest BCUT2D eigenvalue weighted by Gasteiger charge is 2.21. The van der Waals surface area contributed by atoms with Crippen molar-refractivity contribution in [2.45, 2.75) is 38.1 Å². The van der Waals surface area contributed by atoms with Crippen molar-refractivity contribution in [3.63, 3.8) is 0 Å². The third-order valence-electron chi connectivity index (χ3n) is 3.19. The molecule has 0 spiro atoms. The first kappa shape index (κ1) is 9.66. The van der Waals surface area contributed by atoms with Gasteiger partial charge < -0.3 is 5.73 Å². The molecule has 1 aliphatic carbocycles. The number of pyridine rings is 1. The SMILES string of the molecule is NC1CCCCC1Cc1cccnc1. The second kappa shape index (κ2) is 4.56. The first-order valence-electron chi connectivity index (χ1n) is 5.51. The third kappa shape index (κ3) is 2.32. The zero-order chi connectivity index (χ0) is 9.80. The molecule has 2 heteroatoms. The fourth-order valence-electron chi connectivity index (χ4n) is 2.31. The van der Waals surface area contributed by atoms with Gasteiger partial charge >= 0.3 is 0 Å². The van der Waals surface area contributed by atoms with Crippen LogP contribution in [0.4, 0.5) is 0 Å². The largest absolute Gasteiger partial charge is 0.327 e. The van der Waals surface area contributed by atoms with Crippen LogP contribution in [0.5, 0.6) is 0 Å². The standard InChI is InChI=1S/C12H18N2/c13-12-6-2-1-5-11(12)8-10-4-3-7-14-9-10/h3-4,7,9,11-12H,1-2,5-6,8,13H2. The van der Waals surface area contributed by atoms with E-state index in [0.717, 1.165) is 6.42 Å². The number of aromatic nitrogens is 1. The molecule has 1 saturated carbocycles. The Morgan fingerprint density at radius 3 is 2.93 bits per heavy atom. The molecule has 2 unspecified atom stereocenters. The number of nitrogens with two attached hydrogens (primary N) is 1. The fraction of sp³-hybridized carbons (Fsp3) is 0.583. The molecule has 1 fully saturated rings. The van der Waals surface area contributed by atoms with E-state index >= 15 is 0 Å². The first-order chi connectivity index (χ1) is 6.86. The molecule has 1 heterocycles. The molecule has 14 heavy (non-hydrogen) atoms. The lowest BCUT2D eigenvalue weighted by Crippen LogP contribution is -2.34. The van der Waals surface area contributed by atoms with E-state index in [2.05, 4.69) is 11.1 Å². The summed E-state index contributed by atoms with van der Waals surface area (Å²) in [4.78, 5) is 4.13. The Kier molecular flexibility index (Phi) is 3.14. The van der Waals surface area contributed by atoms with Crippen LogP contribution in [0.3, 0.4) is 0 Å². The molecule has 2 N–H and O–H groups in total. The van der Waals surface area contributed by atoms with Crippen molar-refractivity contribution >= 4 is 0 Å². The van der Waals surface area contributed by atoms with E-state index < -0.39 is 0 Å². The van der Waals surface area contributed by atoms with Crippen LogP contribution < -0.4 is 5.73 Å². The summed E-state index contributed by atoms with van der Waals surface area (Å²) in [5.41, 5.74) is 7.43. The van der Waals surface area contributed by atoms with E-state index in [0.29, 0.717) is 12.0 Å². The molecule has 2 rings (SSSR count). The molecule has 1 aromatic heterocycles. The number of rotatable bonds is 2. The maximum absolute atomic E-state index is 6.11. The minimum atomic E-state index is 0.406. The van der Waals surface area contributed by atoms with Crippen molar-refractivity contribution in [3.8, 4) is 0 Å². The van der Waals surface area contributed by atoms with Gasteiger partial charge in [-0.25, -0.2) is 0 Å². The predicted molar refractivity (Wildman–Crippen MR) is 57.9 cm³/mol. The van der Waals surface area contributed by atoms with E-state index in [-0.39, 0.29) is 0 Å². The average molecular weight is 190 g/mol. The topological polar surface area (TPSA) is 38.9 Å². The second-order valence-electron chi connectivity index (χ2n) is 4.27. The summed E-state index contributed by atoms with van der Waals surface area (Å²) < 4.78 is 0. The van der Waals surface area contributed by atoms with Crippen LogP contribution in [-0.4, -0.2) is 11.0 Å². The molecule has 0 saturated heterocycles. The van der Waals surface area contributed by atoms with Crippen LogP contribution >= 0.6 is 0 Å². The van der Waals surface area contributed by atoms with Crippen molar-refractivity contribution < 1.29 is 0 Å². The Balaban J connectivity index is 1.96. The predicted octanol–water partition coefficient (Wildman–Crippen LogP) is 2.14. The summed E-state index contributed by atoms with van der Waals surface area (Å²) in [5, 5.41) is 0. The van der Waals surface area contributed by atoms with Crippen LogP contribution in [0.15, 0.2) is 24.5 Å². The number of hydrogen-bond donors (Lipinski definition) is 1. The molecule has 0 aromatic carbocycles. The molecule has 1 aromatic rings. The molecule has 0 aliphatic heterocycles. The Hall–Kier alpha value is -0.890. The summed E-state index contributed by atoms with van der Waals surface area (Å²) in [6.07, 6.45) is 10.0. The summed E-state index contributed by atoms with van der Waals surface area (Å²) >= 11 is 0. The quantitative estimate of drug-likeness (QED) is 0.776. The zero-order valence-electron chi connectivity index (χ0n) is 8.52. The summed E-state index contributed by atoms with van der Waals surface area (Å²) in [6.45, 7) is 0. The van der Waals surface area contributed by atoms with Crippen LogP contribution in [0, 0.1) is 5.92 Å². The molecule has 1 aliphatic rings. The van der Waals surface area contributed by atoms with Gasteiger partial charge in [0.1, 0.15) is 0 Å². The maximum atomic E-state index is 6.11. The van der Waals surface area contributed by atoms with Crippen LogP contribution in [0.2, 0.25) is 0 Å². The van der Waals surface area contributed by atoms with Gasteiger partial charge in [0.2, 0.25) is 0 Å². The highest BCUT2D eigenvalue weighted by atomic mass is 14.7. The van der Waals surface area contributed by atoms with Gasteiger partial charge in [-0.15, -0.1) is 0 Å². The minimum Gasteiger partial charge on any atom is -0.327 e. The molecular weight excluding hydrogens is 172 g/mol. The molecule has 0 bridgehead atoms. The molecule has 76 valence electrons. The maximum Gasteiger partial charge on any atom is 0.0299 e. The lowest BCUT2D eigenvalue weighted by atomic mass is 9.81. The van der Waals surface area contributed by atoms with Gasteiger partial charge in [0.15, 0.2) is 0 Å². The summed E-state index contributed by atoms with van der Waals surface area (Å²) in [5.74, 6) is 0.674. The molecule has 2 nitrogen and oxygen atoms in total. The van der Waals surface area contributed by atoms with E-state index in [1.165, 1.54) is 31.2 Å². The lowest BCUT2D eigenvalue weighted by molar-refractivity contribution is 0.306. The van der Waals surface area contributed by atoms with Gasteiger partial charge in [0.05, 0.1) is 0 Å². The first-order valence-corrected chi connectivity index (χ1v) is 5.51. The number of nitrogens with zero attached hydrogens (tertiary/aromatic N) is 1.